The summed E-state index contributed by atoms with van der Waals surface area (Å²) in [5, 5.41) is 4.72. The normalized spacial score (nSPS) is 15.3. The van der Waals surface area contributed by atoms with Crippen molar-refractivity contribution in [2.75, 3.05) is 26.3 Å². The molecule has 0 amide bonds. The maximum atomic E-state index is 13.2. The summed E-state index contributed by atoms with van der Waals surface area (Å²) in [6.45, 7) is 10.2. The van der Waals surface area contributed by atoms with Gasteiger partial charge in [0.1, 0.15) is 5.82 Å². The number of thioether (sulfide) groups is 1. The van der Waals surface area contributed by atoms with Gasteiger partial charge in [0.25, 0.3) is 0 Å². The van der Waals surface area contributed by atoms with Crippen LogP contribution in [0.25, 0.3) is 5.69 Å². The molecule has 1 saturated heterocycles. The molecule has 0 atom stereocenters. The van der Waals surface area contributed by atoms with E-state index in [4.69, 9.17) is 9.84 Å². The topological polar surface area (TPSA) is 52.3 Å². The lowest BCUT2D eigenvalue weighted by Gasteiger charge is -2.25. The Morgan fingerprint density at radius 1 is 1.00 bits per heavy atom. The Hall–Kier alpha value is -2.35. The first-order valence-electron chi connectivity index (χ1n) is 10.7. The van der Waals surface area contributed by atoms with Crippen molar-refractivity contribution in [1.82, 2.24) is 19.2 Å². The van der Waals surface area contributed by atoms with E-state index in [1.165, 1.54) is 10.5 Å². The van der Waals surface area contributed by atoms with Crippen LogP contribution in [0, 0.1) is 0 Å². The van der Waals surface area contributed by atoms with Gasteiger partial charge in [-0.05, 0) is 35.2 Å². The molecule has 1 aliphatic heterocycles. The average molecular weight is 439 g/mol. The van der Waals surface area contributed by atoms with Crippen molar-refractivity contribution >= 4 is 11.8 Å². The molecule has 6 nitrogen and oxygen atoms in total. The van der Waals surface area contributed by atoms with E-state index >= 15 is 0 Å². The van der Waals surface area contributed by atoms with Crippen LogP contribution in [0.5, 0.6) is 0 Å². The number of benzene rings is 2. The molecule has 1 aliphatic rings. The molecule has 7 heteroatoms. The van der Waals surface area contributed by atoms with Crippen molar-refractivity contribution in [3.05, 3.63) is 76.5 Å². The lowest BCUT2D eigenvalue weighted by atomic mass is 9.87. The Balaban J connectivity index is 1.58. The first-order valence-corrected chi connectivity index (χ1v) is 11.7. The highest BCUT2D eigenvalue weighted by Crippen LogP contribution is 2.27. The van der Waals surface area contributed by atoms with Gasteiger partial charge in [-0.2, -0.15) is 9.78 Å². The van der Waals surface area contributed by atoms with Gasteiger partial charge in [-0.3, -0.25) is 4.90 Å². The van der Waals surface area contributed by atoms with Gasteiger partial charge in [0.05, 0.1) is 31.3 Å². The van der Waals surface area contributed by atoms with Crippen LogP contribution in [-0.2, 0) is 22.6 Å². The van der Waals surface area contributed by atoms with Crippen molar-refractivity contribution in [1.29, 1.82) is 0 Å². The second kappa shape index (κ2) is 9.42. The van der Waals surface area contributed by atoms with Gasteiger partial charge < -0.3 is 4.74 Å². The molecule has 0 saturated carbocycles. The third-order valence-electron chi connectivity index (χ3n) is 5.45. The summed E-state index contributed by atoms with van der Waals surface area (Å²) in [5.41, 5.74) is 2.19. The first-order chi connectivity index (χ1) is 14.9. The minimum atomic E-state index is -0.101. The van der Waals surface area contributed by atoms with Crippen LogP contribution in [0.15, 0.2) is 64.3 Å². The van der Waals surface area contributed by atoms with E-state index in [0.29, 0.717) is 25.6 Å². The van der Waals surface area contributed by atoms with Crippen molar-refractivity contribution in [3.63, 3.8) is 0 Å². The fourth-order valence-electron chi connectivity index (χ4n) is 3.61. The number of morpholine rings is 1. The largest absolute Gasteiger partial charge is 0.379 e. The van der Waals surface area contributed by atoms with Crippen LogP contribution in [0.3, 0.4) is 0 Å². The molecule has 164 valence electrons. The zero-order valence-electron chi connectivity index (χ0n) is 18.5. The monoisotopic (exact) mass is 438 g/mol. The molecule has 0 aliphatic carbocycles. The summed E-state index contributed by atoms with van der Waals surface area (Å²) in [4.78, 5) is 16.6. The highest BCUT2D eigenvalue weighted by atomic mass is 32.2. The fraction of sp³-hybridized carbons (Fsp3) is 0.417. The van der Waals surface area contributed by atoms with Gasteiger partial charge >= 0.3 is 5.69 Å². The van der Waals surface area contributed by atoms with Crippen molar-refractivity contribution in [2.45, 2.75) is 43.5 Å². The number of rotatable bonds is 6. The zero-order chi connectivity index (χ0) is 21.8. The van der Waals surface area contributed by atoms with E-state index in [9.17, 15) is 4.79 Å². The third-order valence-corrected chi connectivity index (χ3v) is 6.45. The van der Waals surface area contributed by atoms with Gasteiger partial charge in [0.2, 0.25) is 0 Å². The molecule has 1 aromatic heterocycles. The number of para-hydroxylation sites is 1. The lowest BCUT2D eigenvalue weighted by molar-refractivity contribution is 0.0206. The first kappa shape index (κ1) is 21.9. The summed E-state index contributed by atoms with van der Waals surface area (Å²) in [6, 6.07) is 18.4. The molecule has 0 spiro atoms. The van der Waals surface area contributed by atoms with E-state index in [1.807, 2.05) is 30.3 Å². The molecule has 0 unspecified atom stereocenters. The molecular weight excluding hydrogens is 408 g/mol. The summed E-state index contributed by atoms with van der Waals surface area (Å²) >= 11 is 1.70. The van der Waals surface area contributed by atoms with E-state index in [0.717, 1.165) is 24.6 Å². The predicted octanol–water partition coefficient (Wildman–Crippen LogP) is 3.91. The molecule has 1 fully saturated rings. The maximum absolute atomic E-state index is 13.2. The Bertz CT molecular complexity index is 1050. The summed E-state index contributed by atoms with van der Waals surface area (Å²) in [7, 11) is 0. The van der Waals surface area contributed by atoms with Crippen LogP contribution in [0.2, 0.25) is 0 Å². The van der Waals surface area contributed by atoms with E-state index in [-0.39, 0.29) is 11.1 Å². The Kier molecular flexibility index (Phi) is 6.65. The van der Waals surface area contributed by atoms with Crippen LogP contribution in [-0.4, -0.2) is 45.6 Å². The van der Waals surface area contributed by atoms with E-state index in [2.05, 4.69) is 49.9 Å². The minimum absolute atomic E-state index is 0.101. The molecule has 0 bridgehead atoms. The van der Waals surface area contributed by atoms with Crippen LogP contribution in [0.1, 0.15) is 32.2 Å². The molecule has 4 rings (SSSR count). The Labute approximate surface area is 187 Å². The highest BCUT2D eigenvalue weighted by molar-refractivity contribution is 7.98. The highest BCUT2D eigenvalue weighted by Gasteiger charge is 2.19. The van der Waals surface area contributed by atoms with Gasteiger partial charge in [-0.15, -0.1) is 11.8 Å². The van der Waals surface area contributed by atoms with Gasteiger partial charge in [0.15, 0.2) is 0 Å². The van der Waals surface area contributed by atoms with Crippen molar-refractivity contribution in [3.8, 4) is 5.69 Å². The van der Waals surface area contributed by atoms with Crippen LogP contribution in [0.4, 0.5) is 0 Å². The molecule has 3 aromatic rings. The summed E-state index contributed by atoms with van der Waals surface area (Å²) in [6.07, 6.45) is 0. The molecule has 31 heavy (non-hydrogen) atoms. The summed E-state index contributed by atoms with van der Waals surface area (Å²) < 4.78 is 8.74. The number of hydrogen-bond acceptors (Lipinski definition) is 5. The van der Waals surface area contributed by atoms with E-state index < -0.39 is 0 Å². The Morgan fingerprint density at radius 3 is 2.32 bits per heavy atom. The van der Waals surface area contributed by atoms with Crippen molar-refractivity contribution < 1.29 is 4.74 Å². The quantitative estimate of drug-likeness (QED) is 0.546. The second-order valence-electron chi connectivity index (χ2n) is 8.80. The smallest absolute Gasteiger partial charge is 0.351 e. The number of ether oxygens (including phenoxy) is 1. The Morgan fingerprint density at radius 2 is 1.68 bits per heavy atom. The molecule has 0 radical (unpaired) electrons. The van der Waals surface area contributed by atoms with E-state index in [1.54, 1.807) is 21.0 Å². The molecule has 2 heterocycles. The molecular formula is C24H30N4O2S. The number of hydrogen-bond donors (Lipinski definition) is 0. The number of aromatic nitrogens is 3. The van der Waals surface area contributed by atoms with Crippen molar-refractivity contribution in [2.24, 2.45) is 0 Å². The number of nitrogens with zero attached hydrogens (tertiary/aromatic N) is 4. The summed E-state index contributed by atoms with van der Waals surface area (Å²) in [5.74, 6) is 1.38. The van der Waals surface area contributed by atoms with Gasteiger partial charge in [-0.25, -0.2) is 9.36 Å². The SMILES string of the molecule is CC(C)(C)c1ccc(SCc2nn(CN3CCOCC3)c(=O)n2-c2ccccc2)cc1. The minimum Gasteiger partial charge on any atom is -0.379 e. The fourth-order valence-corrected chi connectivity index (χ4v) is 4.42. The maximum Gasteiger partial charge on any atom is 0.351 e. The molecule has 0 N–H and O–H groups in total. The lowest BCUT2D eigenvalue weighted by Crippen LogP contribution is -2.40. The zero-order valence-corrected chi connectivity index (χ0v) is 19.3. The van der Waals surface area contributed by atoms with Crippen LogP contribution >= 0.6 is 11.8 Å². The third kappa shape index (κ3) is 5.29. The van der Waals surface area contributed by atoms with Gasteiger partial charge in [-0.1, -0.05) is 51.1 Å². The second-order valence-corrected chi connectivity index (χ2v) is 9.85. The molecule has 2 aromatic carbocycles. The predicted molar refractivity (Wildman–Crippen MR) is 125 cm³/mol. The standard InChI is InChI=1S/C24H30N4O2S/c1-24(2,3)19-9-11-21(12-10-19)31-17-22-25-27(18-26-13-15-30-16-14-26)23(29)28(22)20-7-5-4-6-8-20/h4-12H,13-18H2,1-3H3. The van der Waals surface area contributed by atoms with Gasteiger partial charge in [0, 0.05) is 18.0 Å². The van der Waals surface area contributed by atoms with Crippen LogP contribution < -0.4 is 5.69 Å². The average Bonchev–Trinajstić information content (AvgIpc) is 3.08.